The van der Waals surface area contributed by atoms with Crippen molar-refractivity contribution in [3.8, 4) is 0 Å². The number of halogens is 1. The molecule has 0 heterocycles. The van der Waals surface area contributed by atoms with E-state index in [1.807, 2.05) is 13.8 Å². The lowest BCUT2D eigenvalue weighted by atomic mass is 9.47. The van der Waals surface area contributed by atoms with E-state index >= 15 is 0 Å². The molecule has 1 nitrogen and oxygen atoms in total. The first-order valence-corrected chi connectivity index (χ1v) is 8.41. The summed E-state index contributed by atoms with van der Waals surface area (Å²) in [6.07, 6.45) is 7.27. The molecule has 4 aliphatic carbocycles. The fraction of sp³-hybridized carbons (Fsp3) is 0.684. The molecular formula is C19H25FO. The van der Waals surface area contributed by atoms with Crippen molar-refractivity contribution in [1.82, 2.24) is 0 Å². The average molecular weight is 288 g/mol. The molecule has 4 aliphatic rings. The van der Waals surface area contributed by atoms with Gasteiger partial charge in [0.2, 0.25) is 0 Å². The summed E-state index contributed by atoms with van der Waals surface area (Å²) in [6, 6.07) is 3.15. The van der Waals surface area contributed by atoms with Crippen LogP contribution in [-0.4, -0.2) is 5.11 Å². The third-order valence-corrected chi connectivity index (χ3v) is 6.50. The van der Waals surface area contributed by atoms with Crippen molar-refractivity contribution in [2.75, 3.05) is 0 Å². The van der Waals surface area contributed by atoms with Crippen molar-refractivity contribution in [2.45, 2.75) is 58.5 Å². The van der Waals surface area contributed by atoms with Crippen molar-refractivity contribution in [2.24, 2.45) is 23.2 Å². The highest BCUT2D eigenvalue weighted by Crippen LogP contribution is 2.64. The molecule has 1 N–H and O–H groups in total. The summed E-state index contributed by atoms with van der Waals surface area (Å²) in [4.78, 5) is 0. The van der Waals surface area contributed by atoms with Gasteiger partial charge in [0, 0.05) is 5.41 Å². The van der Waals surface area contributed by atoms with Gasteiger partial charge in [0.1, 0.15) is 5.82 Å². The van der Waals surface area contributed by atoms with E-state index in [9.17, 15) is 9.50 Å². The lowest BCUT2D eigenvalue weighted by Crippen LogP contribution is -2.49. The number of rotatable bonds is 2. The Kier molecular flexibility index (Phi) is 2.98. The van der Waals surface area contributed by atoms with Gasteiger partial charge in [-0.2, -0.15) is 0 Å². The van der Waals surface area contributed by atoms with Gasteiger partial charge in [0.25, 0.3) is 0 Å². The molecule has 114 valence electrons. The summed E-state index contributed by atoms with van der Waals surface area (Å²) < 4.78 is 13.6. The van der Waals surface area contributed by atoms with Crippen molar-refractivity contribution in [1.29, 1.82) is 0 Å². The van der Waals surface area contributed by atoms with Crippen LogP contribution in [0.25, 0.3) is 0 Å². The first-order valence-electron chi connectivity index (χ1n) is 8.41. The maximum absolute atomic E-state index is 13.6. The van der Waals surface area contributed by atoms with E-state index in [0.29, 0.717) is 0 Å². The van der Waals surface area contributed by atoms with Crippen molar-refractivity contribution >= 4 is 0 Å². The van der Waals surface area contributed by atoms with E-state index < -0.39 is 6.10 Å². The molecule has 0 amide bonds. The lowest BCUT2D eigenvalue weighted by molar-refractivity contribution is -0.122. The average Bonchev–Trinajstić information content (AvgIpc) is 2.35. The predicted octanol–water partition coefficient (Wildman–Crippen LogP) is 4.69. The maximum Gasteiger partial charge on any atom is 0.123 e. The van der Waals surface area contributed by atoms with Gasteiger partial charge in [0.05, 0.1) is 6.10 Å². The first kappa shape index (κ1) is 13.8. The molecule has 4 saturated carbocycles. The van der Waals surface area contributed by atoms with Crippen LogP contribution in [0.2, 0.25) is 0 Å². The Bertz CT molecular complexity index is 519. The van der Waals surface area contributed by atoms with Crippen molar-refractivity contribution in [3.05, 3.63) is 34.6 Å². The number of aryl methyl sites for hydroxylation is 2. The minimum absolute atomic E-state index is 0.0715. The zero-order valence-corrected chi connectivity index (χ0v) is 13.0. The minimum atomic E-state index is -0.411. The highest BCUT2D eigenvalue weighted by Gasteiger charge is 2.54. The quantitative estimate of drug-likeness (QED) is 0.837. The number of aliphatic hydroxyl groups excluding tert-OH is 1. The Morgan fingerprint density at radius 3 is 1.86 bits per heavy atom. The molecule has 1 atom stereocenters. The van der Waals surface area contributed by atoms with Crippen LogP contribution in [0.15, 0.2) is 12.1 Å². The van der Waals surface area contributed by atoms with Gasteiger partial charge in [-0.3, -0.25) is 0 Å². The van der Waals surface area contributed by atoms with Crippen LogP contribution in [0.5, 0.6) is 0 Å². The Morgan fingerprint density at radius 2 is 1.43 bits per heavy atom. The van der Waals surface area contributed by atoms with Crippen LogP contribution in [0, 0.1) is 42.8 Å². The Hall–Kier alpha value is -0.890. The molecule has 4 bridgehead atoms. The molecule has 21 heavy (non-hydrogen) atoms. The van der Waals surface area contributed by atoms with Crippen molar-refractivity contribution in [3.63, 3.8) is 0 Å². The zero-order chi connectivity index (χ0) is 14.8. The van der Waals surface area contributed by atoms with Crippen LogP contribution in [0.3, 0.4) is 0 Å². The second kappa shape index (κ2) is 4.55. The van der Waals surface area contributed by atoms with E-state index in [4.69, 9.17) is 0 Å². The molecule has 5 rings (SSSR count). The third-order valence-electron chi connectivity index (χ3n) is 6.50. The monoisotopic (exact) mass is 288 g/mol. The summed E-state index contributed by atoms with van der Waals surface area (Å²) in [7, 11) is 0. The van der Waals surface area contributed by atoms with Gasteiger partial charge in [-0.1, -0.05) is 0 Å². The highest BCUT2D eigenvalue weighted by molar-refractivity contribution is 5.37. The summed E-state index contributed by atoms with van der Waals surface area (Å²) in [6.45, 7) is 3.88. The Labute approximate surface area is 126 Å². The summed E-state index contributed by atoms with van der Waals surface area (Å²) in [5, 5.41) is 11.2. The highest BCUT2D eigenvalue weighted by atomic mass is 19.1. The third kappa shape index (κ3) is 2.06. The molecule has 0 aliphatic heterocycles. The van der Waals surface area contributed by atoms with E-state index in [-0.39, 0.29) is 11.2 Å². The number of aliphatic hydroxyl groups is 1. The van der Waals surface area contributed by atoms with E-state index in [1.54, 1.807) is 12.1 Å². The zero-order valence-electron chi connectivity index (χ0n) is 13.0. The molecule has 4 fully saturated rings. The number of benzene rings is 1. The molecular weight excluding hydrogens is 263 g/mol. The molecule has 0 saturated heterocycles. The lowest BCUT2D eigenvalue weighted by Gasteiger charge is -2.58. The standard InChI is InChI=1S/C19H25FO/c1-11-3-16(20)4-12(2)17(11)18(21)19-8-13-5-14(9-19)7-15(6-13)10-19/h3-4,13-15,18,21H,5-10H2,1-2H3. The van der Waals surface area contributed by atoms with Crippen LogP contribution in [0.1, 0.15) is 61.3 Å². The topological polar surface area (TPSA) is 20.2 Å². The maximum atomic E-state index is 13.6. The van der Waals surface area contributed by atoms with E-state index in [2.05, 4.69) is 0 Å². The second-order valence-corrected chi connectivity index (χ2v) is 8.14. The molecule has 1 aromatic carbocycles. The van der Waals surface area contributed by atoms with Gasteiger partial charge in [-0.25, -0.2) is 4.39 Å². The Morgan fingerprint density at radius 1 is 1.00 bits per heavy atom. The van der Waals surface area contributed by atoms with Gasteiger partial charge in [-0.05, 0) is 98.9 Å². The SMILES string of the molecule is Cc1cc(F)cc(C)c1C(O)C12CC3CC(CC(C3)C1)C2. The molecule has 0 radical (unpaired) electrons. The Balaban J connectivity index is 1.73. The van der Waals surface area contributed by atoms with Crippen LogP contribution in [0.4, 0.5) is 4.39 Å². The summed E-state index contributed by atoms with van der Waals surface area (Å²) in [5.41, 5.74) is 2.90. The first-order chi connectivity index (χ1) is 9.97. The fourth-order valence-electron chi connectivity index (χ4n) is 6.17. The summed E-state index contributed by atoms with van der Waals surface area (Å²) in [5.74, 6) is 2.29. The molecule has 0 aromatic heterocycles. The van der Waals surface area contributed by atoms with Crippen molar-refractivity contribution < 1.29 is 9.50 Å². The van der Waals surface area contributed by atoms with Gasteiger partial charge >= 0.3 is 0 Å². The van der Waals surface area contributed by atoms with Crippen LogP contribution < -0.4 is 0 Å². The number of hydrogen-bond acceptors (Lipinski definition) is 1. The van der Waals surface area contributed by atoms with E-state index in [0.717, 1.165) is 34.4 Å². The molecule has 0 spiro atoms. The number of hydrogen-bond donors (Lipinski definition) is 1. The second-order valence-electron chi connectivity index (χ2n) is 8.14. The largest absolute Gasteiger partial charge is 0.388 e. The van der Waals surface area contributed by atoms with Crippen LogP contribution >= 0.6 is 0 Å². The van der Waals surface area contributed by atoms with Gasteiger partial charge < -0.3 is 5.11 Å². The predicted molar refractivity (Wildman–Crippen MR) is 81.4 cm³/mol. The summed E-state index contributed by atoms with van der Waals surface area (Å²) >= 11 is 0. The smallest absolute Gasteiger partial charge is 0.123 e. The van der Waals surface area contributed by atoms with E-state index in [1.165, 1.54) is 38.5 Å². The fourth-order valence-corrected chi connectivity index (χ4v) is 6.17. The van der Waals surface area contributed by atoms with Gasteiger partial charge in [0.15, 0.2) is 0 Å². The van der Waals surface area contributed by atoms with Crippen LogP contribution in [-0.2, 0) is 0 Å². The molecule has 2 heteroatoms. The molecule has 1 aromatic rings. The van der Waals surface area contributed by atoms with Gasteiger partial charge in [-0.15, -0.1) is 0 Å². The molecule has 1 unspecified atom stereocenters. The normalized spacial score (nSPS) is 38.8. The minimum Gasteiger partial charge on any atom is -0.388 e.